The standard InChI is InChI=1S/C32H42N2O6Si/c1-23-27(17-14-24-12-15-26(16-13-24)34-18-8-11-28(39-2)32(34)37)40-29(31(23)41(3,4)38)21-30(36)33(19-20-35)22-25-9-6-5-7-10-25/h5-13,15-16,18,23,27,29,31,35,38H,14,17,19-22H2,1-4H3/t23-,27+,29-,31+/m1/s1. The summed E-state index contributed by atoms with van der Waals surface area (Å²) in [7, 11) is -1.16. The molecule has 1 aromatic heterocycles. The summed E-state index contributed by atoms with van der Waals surface area (Å²) in [5, 5.41) is 9.61. The van der Waals surface area contributed by atoms with Gasteiger partial charge in [0.25, 0.3) is 5.56 Å². The van der Waals surface area contributed by atoms with E-state index in [2.05, 4.69) is 6.92 Å². The molecule has 4 atom stereocenters. The minimum Gasteiger partial charge on any atom is -0.491 e. The Balaban J connectivity index is 1.42. The molecule has 41 heavy (non-hydrogen) atoms. The topological polar surface area (TPSA) is 101 Å². The van der Waals surface area contributed by atoms with Crippen LogP contribution >= 0.6 is 0 Å². The first kappa shape index (κ1) is 30.7. The molecular weight excluding hydrogens is 536 g/mol. The number of aliphatic hydroxyl groups is 1. The number of rotatable bonds is 12. The van der Waals surface area contributed by atoms with Gasteiger partial charge in [-0.05, 0) is 67.2 Å². The van der Waals surface area contributed by atoms with Gasteiger partial charge >= 0.3 is 0 Å². The van der Waals surface area contributed by atoms with Gasteiger partial charge < -0.3 is 24.3 Å². The van der Waals surface area contributed by atoms with Gasteiger partial charge in [-0.3, -0.25) is 14.2 Å². The zero-order valence-electron chi connectivity index (χ0n) is 24.4. The third-order valence-corrected chi connectivity index (χ3v) is 10.6. The van der Waals surface area contributed by atoms with Crippen LogP contribution in [0.3, 0.4) is 0 Å². The van der Waals surface area contributed by atoms with Gasteiger partial charge in [-0.1, -0.05) is 49.4 Å². The van der Waals surface area contributed by atoms with Gasteiger partial charge in [-0.25, -0.2) is 0 Å². The van der Waals surface area contributed by atoms with Crippen LogP contribution in [0.5, 0.6) is 5.75 Å². The van der Waals surface area contributed by atoms with Crippen LogP contribution in [0.4, 0.5) is 0 Å². The Kier molecular flexibility index (Phi) is 10.2. The van der Waals surface area contributed by atoms with Gasteiger partial charge in [0.15, 0.2) is 14.1 Å². The quantitative estimate of drug-likeness (QED) is 0.313. The highest BCUT2D eigenvalue weighted by atomic mass is 28.4. The van der Waals surface area contributed by atoms with Crippen LogP contribution in [0.15, 0.2) is 77.7 Å². The van der Waals surface area contributed by atoms with Gasteiger partial charge in [0.2, 0.25) is 5.91 Å². The van der Waals surface area contributed by atoms with Gasteiger partial charge in [0.1, 0.15) is 0 Å². The number of aryl methyl sites for hydroxylation is 1. The highest BCUT2D eigenvalue weighted by Gasteiger charge is 2.50. The molecule has 0 radical (unpaired) electrons. The van der Waals surface area contributed by atoms with Crippen LogP contribution in [-0.4, -0.2) is 66.1 Å². The summed E-state index contributed by atoms with van der Waals surface area (Å²) in [5.74, 6) is 0.323. The van der Waals surface area contributed by atoms with E-state index < -0.39 is 8.32 Å². The number of ether oxygens (including phenoxy) is 2. The highest BCUT2D eigenvalue weighted by Crippen LogP contribution is 2.45. The van der Waals surface area contributed by atoms with Crippen LogP contribution in [0.1, 0.15) is 30.9 Å². The fourth-order valence-corrected chi connectivity index (χ4v) is 8.70. The van der Waals surface area contributed by atoms with Crippen molar-refractivity contribution in [2.45, 2.75) is 63.6 Å². The molecule has 0 unspecified atom stereocenters. The van der Waals surface area contributed by atoms with E-state index in [4.69, 9.17) is 9.47 Å². The van der Waals surface area contributed by atoms with Crippen molar-refractivity contribution in [1.29, 1.82) is 0 Å². The Bertz CT molecular complexity index is 1340. The SMILES string of the molecule is COc1cccn(-c2ccc(CC[C@@H]3O[C@H](CC(=O)N(CCO)Cc4ccccc4)[C@@H]([Si](C)(C)O)[C@@H]3C)cc2)c1=O. The highest BCUT2D eigenvalue weighted by molar-refractivity contribution is 6.71. The van der Waals surface area contributed by atoms with Gasteiger partial charge in [0, 0.05) is 30.5 Å². The third kappa shape index (κ3) is 7.54. The van der Waals surface area contributed by atoms with Crippen LogP contribution < -0.4 is 10.3 Å². The molecule has 0 saturated carbocycles. The third-order valence-electron chi connectivity index (χ3n) is 8.10. The fourth-order valence-electron chi connectivity index (χ4n) is 6.09. The summed E-state index contributed by atoms with van der Waals surface area (Å²) in [5.41, 5.74) is 2.60. The molecule has 0 spiro atoms. The van der Waals surface area contributed by atoms with Gasteiger partial charge in [-0.15, -0.1) is 0 Å². The van der Waals surface area contributed by atoms with E-state index in [9.17, 15) is 19.5 Å². The normalized spacial score (nSPS) is 20.6. The molecule has 1 aliphatic rings. The maximum atomic E-state index is 13.4. The van der Waals surface area contributed by atoms with Crippen LogP contribution in [0.2, 0.25) is 18.6 Å². The van der Waals surface area contributed by atoms with Crippen molar-refractivity contribution in [1.82, 2.24) is 9.47 Å². The maximum Gasteiger partial charge on any atom is 0.297 e. The fraction of sp³-hybridized carbons (Fsp3) is 0.438. The van der Waals surface area contributed by atoms with Crippen molar-refractivity contribution in [3.63, 3.8) is 0 Å². The summed E-state index contributed by atoms with van der Waals surface area (Å²) in [6.45, 7) is 6.53. The number of benzene rings is 2. The zero-order chi connectivity index (χ0) is 29.6. The van der Waals surface area contributed by atoms with E-state index in [1.54, 1.807) is 27.8 Å². The van der Waals surface area contributed by atoms with E-state index in [-0.39, 0.29) is 54.7 Å². The van der Waals surface area contributed by atoms with Crippen molar-refractivity contribution in [2.24, 2.45) is 5.92 Å². The molecule has 9 heteroatoms. The second-order valence-corrected chi connectivity index (χ2v) is 15.4. The summed E-state index contributed by atoms with van der Waals surface area (Å²) in [6.07, 6.45) is 2.98. The first-order valence-electron chi connectivity index (χ1n) is 14.3. The molecular formula is C32H42N2O6Si. The molecule has 2 heterocycles. The number of aromatic nitrogens is 1. The largest absolute Gasteiger partial charge is 0.491 e. The maximum absolute atomic E-state index is 13.4. The lowest BCUT2D eigenvalue weighted by Gasteiger charge is -2.31. The first-order chi connectivity index (χ1) is 19.6. The minimum atomic E-state index is -2.64. The van der Waals surface area contributed by atoms with E-state index in [1.807, 2.05) is 67.7 Å². The molecule has 0 aliphatic carbocycles. The minimum absolute atomic E-state index is 0.0765. The van der Waals surface area contributed by atoms with Crippen molar-refractivity contribution in [3.8, 4) is 11.4 Å². The molecule has 0 bridgehead atoms. The Morgan fingerprint density at radius 1 is 1.02 bits per heavy atom. The smallest absolute Gasteiger partial charge is 0.297 e. The lowest BCUT2D eigenvalue weighted by Crippen LogP contribution is -2.42. The van der Waals surface area contributed by atoms with Crippen LogP contribution in [-0.2, 0) is 22.5 Å². The molecule has 3 aromatic rings. The Morgan fingerprint density at radius 3 is 2.37 bits per heavy atom. The number of pyridine rings is 1. The Labute approximate surface area is 243 Å². The number of hydrogen-bond donors (Lipinski definition) is 2. The number of nitrogens with zero attached hydrogens (tertiary/aromatic N) is 2. The molecule has 2 aromatic carbocycles. The average Bonchev–Trinajstić information content (AvgIpc) is 3.27. The molecule has 2 N–H and O–H groups in total. The number of methoxy groups -OCH3 is 1. The predicted molar refractivity (Wildman–Crippen MR) is 162 cm³/mol. The van der Waals surface area contributed by atoms with E-state index in [1.165, 1.54) is 7.11 Å². The molecule has 1 fully saturated rings. The zero-order valence-corrected chi connectivity index (χ0v) is 25.4. The molecule has 1 amide bonds. The summed E-state index contributed by atoms with van der Waals surface area (Å²) in [4.78, 5) is 38.9. The summed E-state index contributed by atoms with van der Waals surface area (Å²) >= 11 is 0. The van der Waals surface area contributed by atoms with Gasteiger partial charge in [0.05, 0.1) is 32.3 Å². The molecule has 8 nitrogen and oxygen atoms in total. The van der Waals surface area contributed by atoms with Crippen molar-refractivity contribution in [3.05, 3.63) is 94.4 Å². The van der Waals surface area contributed by atoms with E-state index in [0.717, 1.165) is 29.7 Å². The van der Waals surface area contributed by atoms with Gasteiger partial charge in [-0.2, -0.15) is 0 Å². The van der Waals surface area contributed by atoms with Crippen molar-refractivity contribution < 1.29 is 24.2 Å². The second kappa shape index (κ2) is 13.6. The lowest BCUT2D eigenvalue weighted by molar-refractivity contribution is -0.135. The summed E-state index contributed by atoms with van der Waals surface area (Å²) in [6, 6.07) is 21.0. The predicted octanol–water partition coefficient (Wildman–Crippen LogP) is 4.16. The second-order valence-electron chi connectivity index (χ2n) is 11.4. The molecule has 4 rings (SSSR count). The Morgan fingerprint density at radius 2 is 1.73 bits per heavy atom. The number of hydrogen-bond acceptors (Lipinski definition) is 6. The van der Waals surface area contributed by atoms with Crippen molar-refractivity contribution >= 4 is 14.2 Å². The number of carbonyl (C=O) groups excluding carboxylic acids is 1. The molecule has 1 saturated heterocycles. The van der Waals surface area contributed by atoms with E-state index in [0.29, 0.717) is 12.3 Å². The lowest BCUT2D eigenvalue weighted by atomic mass is 9.95. The van der Waals surface area contributed by atoms with Crippen LogP contribution in [0.25, 0.3) is 5.69 Å². The summed E-state index contributed by atoms with van der Waals surface area (Å²) < 4.78 is 13.2. The monoisotopic (exact) mass is 578 g/mol. The average molecular weight is 579 g/mol. The van der Waals surface area contributed by atoms with E-state index >= 15 is 0 Å². The molecule has 1 aliphatic heterocycles. The van der Waals surface area contributed by atoms with Crippen LogP contribution in [0, 0.1) is 5.92 Å². The number of aliphatic hydroxyl groups excluding tert-OH is 1. The first-order valence-corrected chi connectivity index (χ1v) is 17.3. The number of carbonyl (C=O) groups is 1. The van der Waals surface area contributed by atoms with Crippen molar-refractivity contribution in [2.75, 3.05) is 20.3 Å². The number of amides is 1. The molecule has 220 valence electrons. The Hall–Kier alpha value is -3.24.